The highest BCUT2D eigenvalue weighted by Crippen LogP contribution is 2.35. The second kappa shape index (κ2) is 6.30. The van der Waals surface area contributed by atoms with Crippen LogP contribution in [0.1, 0.15) is 16.8 Å². The highest BCUT2D eigenvalue weighted by Gasteiger charge is 2.24. The minimum atomic E-state index is -0.0996. The summed E-state index contributed by atoms with van der Waals surface area (Å²) in [5.41, 5.74) is 1.40. The van der Waals surface area contributed by atoms with Gasteiger partial charge >= 0.3 is 0 Å². The molecule has 0 spiro atoms. The molecule has 0 radical (unpaired) electrons. The zero-order chi connectivity index (χ0) is 14.8. The largest absolute Gasteiger partial charge is 0.307 e. The molecule has 0 bridgehead atoms. The monoisotopic (exact) mass is 337 g/mol. The number of para-hydroxylation sites is 1. The smallest absolute Gasteiger partial charge is 0.259 e. The summed E-state index contributed by atoms with van der Waals surface area (Å²) in [6.45, 7) is 0.686. The van der Waals surface area contributed by atoms with Gasteiger partial charge in [-0.1, -0.05) is 35.3 Å². The van der Waals surface area contributed by atoms with Crippen molar-refractivity contribution >= 4 is 46.6 Å². The van der Waals surface area contributed by atoms with E-state index in [2.05, 4.69) is 0 Å². The average molecular weight is 338 g/mol. The van der Waals surface area contributed by atoms with Crippen LogP contribution in [0.25, 0.3) is 0 Å². The molecule has 0 N–H and O–H groups in total. The molecule has 1 amide bonds. The summed E-state index contributed by atoms with van der Waals surface area (Å²) >= 11 is 13.9. The van der Waals surface area contributed by atoms with Crippen LogP contribution in [-0.4, -0.2) is 18.2 Å². The van der Waals surface area contributed by atoms with Gasteiger partial charge in [0.1, 0.15) is 0 Å². The Morgan fingerprint density at radius 3 is 2.81 bits per heavy atom. The van der Waals surface area contributed by atoms with E-state index in [1.807, 2.05) is 24.3 Å². The van der Waals surface area contributed by atoms with Crippen molar-refractivity contribution in [3.8, 4) is 0 Å². The van der Waals surface area contributed by atoms with Crippen molar-refractivity contribution in [1.29, 1.82) is 0 Å². The first-order valence-corrected chi connectivity index (χ1v) is 8.40. The Morgan fingerprint density at radius 1 is 1.14 bits per heavy atom. The first-order chi connectivity index (χ1) is 10.2. The number of nitrogens with zero attached hydrogens (tertiary/aromatic N) is 1. The van der Waals surface area contributed by atoms with Crippen molar-refractivity contribution < 1.29 is 4.79 Å². The fourth-order valence-corrected chi connectivity index (χ4v) is 3.71. The molecule has 0 aliphatic carbocycles. The second-order valence-electron chi connectivity index (χ2n) is 4.75. The van der Waals surface area contributed by atoms with Crippen LogP contribution in [0.15, 0.2) is 47.4 Å². The molecular formula is C16H13Cl2NOS. The van der Waals surface area contributed by atoms with Gasteiger partial charge in [0.05, 0.1) is 16.3 Å². The summed E-state index contributed by atoms with van der Waals surface area (Å²) < 4.78 is 0. The molecule has 2 aromatic carbocycles. The lowest BCUT2D eigenvalue weighted by Gasteiger charge is -2.23. The topological polar surface area (TPSA) is 20.3 Å². The highest BCUT2D eigenvalue weighted by atomic mass is 35.5. The quantitative estimate of drug-likeness (QED) is 0.718. The van der Waals surface area contributed by atoms with Crippen molar-refractivity contribution in [3.05, 3.63) is 58.1 Å². The van der Waals surface area contributed by atoms with Crippen molar-refractivity contribution in [1.82, 2.24) is 0 Å². The second-order valence-corrected chi connectivity index (χ2v) is 6.73. The Balaban J connectivity index is 2.03. The molecule has 0 fully saturated rings. The van der Waals surface area contributed by atoms with Crippen LogP contribution in [-0.2, 0) is 0 Å². The zero-order valence-corrected chi connectivity index (χ0v) is 13.5. The van der Waals surface area contributed by atoms with E-state index in [1.165, 1.54) is 0 Å². The summed E-state index contributed by atoms with van der Waals surface area (Å²) in [6, 6.07) is 12.9. The number of carbonyl (C=O) groups excluding carboxylic acids is 1. The molecule has 5 heteroatoms. The number of anilines is 1. The van der Waals surface area contributed by atoms with E-state index in [-0.39, 0.29) is 5.91 Å². The summed E-state index contributed by atoms with van der Waals surface area (Å²) in [7, 11) is 0. The number of thioether (sulfide) groups is 1. The Bertz CT molecular complexity index is 690. The molecular weight excluding hydrogens is 325 g/mol. The SMILES string of the molecule is O=C(c1cc(Cl)ccc1Cl)N1CCCSc2ccccc21. The lowest BCUT2D eigenvalue weighted by molar-refractivity contribution is 0.0987. The lowest BCUT2D eigenvalue weighted by atomic mass is 10.1. The Hall–Kier alpha value is -1.16. The van der Waals surface area contributed by atoms with E-state index in [0.29, 0.717) is 22.2 Å². The zero-order valence-electron chi connectivity index (χ0n) is 11.2. The molecule has 0 aromatic heterocycles. The number of halogens is 2. The summed E-state index contributed by atoms with van der Waals surface area (Å²) in [6.07, 6.45) is 0.948. The minimum absolute atomic E-state index is 0.0996. The number of fused-ring (bicyclic) bond motifs is 1. The van der Waals surface area contributed by atoms with Crippen LogP contribution in [0.2, 0.25) is 10.0 Å². The molecule has 0 saturated heterocycles. The predicted molar refractivity (Wildman–Crippen MR) is 89.9 cm³/mol. The number of carbonyl (C=O) groups is 1. The average Bonchev–Trinajstić information content (AvgIpc) is 2.71. The first kappa shape index (κ1) is 14.8. The van der Waals surface area contributed by atoms with Crippen LogP contribution in [0, 0.1) is 0 Å². The van der Waals surface area contributed by atoms with Crippen LogP contribution in [0.5, 0.6) is 0 Å². The Kier molecular flexibility index (Phi) is 4.43. The molecule has 2 nitrogen and oxygen atoms in total. The molecule has 21 heavy (non-hydrogen) atoms. The predicted octanol–water partition coefficient (Wildman–Crippen LogP) is 5.14. The van der Waals surface area contributed by atoms with E-state index < -0.39 is 0 Å². The Labute approximate surface area is 138 Å². The van der Waals surface area contributed by atoms with Crippen molar-refractivity contribution in [2.45, 2.75) is 11.3 Å². The van der Waals surface area contributed by atoms with E-state index in [9.17, 15) is 4.79 Å². The van der Waals surface area contributed by atoms with Crippen molar-refractivity contribution in [3.63, 3.8) is 0 Å². The normalized spacial score (nSPS) is 14.5. The van der Waals surface area contributed by atoms with Gasteiger partial charge in [0.2, 0.25) is 0 Å². The van der Waals surface area contributed by atoms with Gasteiger partial charge in [-0.05, 0) is 42.5 Å². The molecule has 2 aromatic rings. The minimum Gasteiger partial charge on any atom is -0.307 e. The fraction of sp³-hybridized carbons (Fsp3) is 0.188. The molecule has 108 valence electrons. The highest BCUT2D eigenvalue weighted by molar-refractivity contribution is 7.99. The third-order valence-electron chi connectivity index (χ3n) is 3.34. The number of rotatable bonds is 1. The summed E-state index contributed by atoms with van der Waals surface area (Å²) in [5.74, 6) is 0.904. The maximum Gasteiger partial charge on any atom is 0.259 e. The first-order valence-electron chi connectivity index (χ1n) is 6.65. The molecule has 1 aliphatic heterocycles. The van der Waals surface area contributed by atoms with E-state index in [1.54, 1.807) is 34.9 Å². The maximum atomic E-state index is 12.9. The molecule has 0 unspecified atom stereocenters. The van der Waals surface area contributed by atoms with Gasteiger partial charge < -0.3 is 4.90 Å². The van der Waals surface area contributed by atoms with E-state index in [4.69, 9.17) is 23.2 Å². The van der Waals surface area contributed by atoms with Crippen molar-refractivity contribution in [2.75, 3.05) is 17.2 Å². The third-order valence-corrected chi connectivity index (χ3v) is 5.06. The van der Waals surface area contributed by atoms with Gasteiger partial charge in [0.15, 0.2) is 0 Å². The van der Waals surface area contributed by atoms with Crippen LogP contribution in [0.3, 0.4) is 0 Å². The van der Waals surface area contributed by atoms with Gasteiger partial charge in [0.25, 0.3) is 5.91 Å². The van der Waals surface area contributed by atoms with E-state index >= 15 is 0 Å². The molecule has 3 rings (SSSR count). The number of hydrogen-bond acceptors (Lipinski definition) is 2. The number of benzene rings is 2. The maximum absolute atomic E-state index is 12.9. The molecule has 1 aliphatic rings. The lowest BCUT2D eigenvalue weighted by Crippen LogP contribution is -2.32. The van der Waals surface area contributed by atoms with Crippen LogP contribution < -0.4 is 4.90 Å². The molecule has 0 saturated carbocycles. The van der Waals surface area contributed by atoms with Crippen LogP contribution in [0.4, 0.5) is 5.69 Å². The van der Waals surface area contributed by atoms with Gasteiger partial charge in [-0.2, -0.15) is 0 Å². The van der Waals surface area contributed by atoms with Crippen LogP contribution >= 0.6 is 35.0 Å². The van der Waals surface area contributed by atoms with Gasteiger partial charge in [-0.15, -0.1) is 11.8 Å². The van der Waals surface area contributed by atoms with E-state index in [0.717, 1.165) is 22.8 Å². The Morgan fingerprint density at radius 2 is 1.95 bits per heavy atom. The number of amides is 1. The summed E-state index contributed by atoms with van der Waals surface area (Å²) in [4.78, 5) is 15.8. The molecule has 0 atom stereocenters. The molecule has 1 heterocycles. The van der Waals surface area contributed by atoms with Gasteiger partial charge in [-0.25, -0.2) is 0 Å². The number of hydrogen-bond donors (Lipinski definition) is 0. The summed E-state index contributed by atoms with van der Waals surface area (Å²) in [5, 5.41) is 0.944. The fourth-order valence-electron chi connectivity index (χ4n) is 2.35. The third kappa shape index (κ3) is 3.05. The van der Waals surface area contributed by atoms with Gasteiger partial charge in [-0.3, -0.25) is 4.79 Å². The van der Waals surface area contributed by atoms with Crippen molar-refractivity contribution in [2.24, 2.45) is 0 Å². The standard InChI is InChI=1S/C16H13Cl2NOS/c17-11-6-7-13(18)12(10-11)16(20)19-8-3-9-21-15-5-2-1-4-14(15)19/h1-2,4-7,10H,3,8-9H2. The van der Waals surface area contributed by atoms with Gasteiger partial charge in [0, 0.05) is 16.5 Å².